The molecule has 11 unspecified atom stereocenters. The first-order valence-electron chi connectivity index (χ1n) is 43.3. The van der Waals surface area contributed by atoms with Crippen LogP contribution in [0.3, 0.4) is 0 Å². The number of para-hydroxylation sites is 1. The molecule has 0 bridgehead atoms. The number of unbranched alkanes of at least 4 members (excludes halogenated alkanes) is 1. The molecule has 704 valence electrons. The van der Waals surface area contributed by atoms with E-state index in [0.29, 0.717) is 64.4 Å². The number of carbonyl (C=O) groups is 16. The second-order valence-corrected chi connectivity index (χ2v) is 34.7. The molecule has 0 saturated carbocycles. The van der Waals surface area contributed by atoms with Crippen molar-refractivity contribution in [3.8, 4) is 11.5 Å². The Morgan fingerprint density at radius 2 is 0.947 bits per heavy atom. The highest BCUT2D eigenvalue weighted by Crippen LogP contribution is 2.23. The number of carboxylic acid groups (broad SMARTS) is 1. The lowest BCUT2D eigenvalue weighted by molar-refractivity contribution is -0.145. The zero-order valence-electron chi connectivity index (χ0n) is 75.4. The van der Waals surface area contributed by atoms with E-state index in [1.54, 1.807) is 119 Å². The largest absolute Gasteiger partial charge is 0.508 e. The van der Waals surface area contributed by atoms with Gasteiger partial charge in [-0.25, -0.2) is 0 Å². The van der Waals surface area contributed by atoms with Gasteiger partial charge < -0.3 is 98.8 Å². The van der Waals surface area contributed by atoms with Gasteiger partial charge >= 0.3 is 5.97 Å². The summed E-state index contributed by atoms with van der Waals surface area (Å²) in [6.07, 6.45) is 1.20. The number of aliphatic carboxylic acids is 1. The summed E-state index contributed by atoms with van der Waals surface area (Å²) >= 11 is 0. The fraction of sp³-hybridized carbons (Fsp3) is 0.426. The van der Waals surface area contributed by atoms with Crippen molar-refractivity contribution in [1.29, 1.82) is 0 Å². The number of hydrogen-bond donors (Lipinski definition) is 15. The number of nitrogens with zero attached hydrogens (tertiary/aromatic N) is 4. The molecule has 6 aromatic carbocycles. The average molecular weight is 1830 g/mol. The number of carboxylic acids is 1. The first kappa shape index (κ1) is 104. The average Bonchev–Trinajstić information content (AvgIpc) is 1.03. The van der Waals surface area contributed by atoms with Crippen LogP contribution >= 0.6 is 0 Å². The van der Waals surface area contributed by atoms with Crippen molar-refractivity contribution in [1.82, 2.24) is 77.8 Å². The summed E-state index contributed by atoms with van der Waals surface area (Å²) in [5.74, 6) is -16.7. The number of rotatable bonds is 52. The molecule has 11 atom stereocenters. The fourth-order valence-electron chi connectivity index (χ4n) is 14.7. The van der Waals surface area contributed by atoms with Crippen LogP contribution < -0.4 is 58.9 Å². The molecule has 16 N–H and O–H groups in total. The molecule has 0 spiro atoms. The summed E-state index contributed by atoms with van der Waals surface area (Å²) in [5, 5.41) is 57.4. The predicted molar refractivity (Wildman–Crippen MR) is 489 cm³/mol. The second kappa shape index (κ2) is 52.0. The molecule has 0 aliphatic carbocycles. The van der Waals surface area contributed by atoms with Gasteiger partial charge in [0.1, 0.15) is 71.6 Å². The summed E-state index contributed by atoms with van der Waals surface area (Å²) < 4.78 is 13.9. The van der Waals surface area contributed by atoms with Gasteiger partial charge in [0.25, 0.3) is 0 Å². The summed E-state index contributed by atoms with van der Waals surface area (Å²) in [4.78, 5) is 233. The summed E-state index contributed by atoms with van der Waals surface area (Å²) in [6, 6.07) is 30.6. The molecule has 37 heteroatoms. The predicted octanol–water partition coefficient (Wildman–Crippen LogP) is 2.03. The lowest BCUT2D eigenvalue weighted by Gasteiger charge is -2.34. The maximum atomic E-state index is 15.3. The van der Waals surface area contributed by atoms with E-state index in [2.05, 4.69) is 58.2 Å². The third-order valence-electron chi connectivity index (χ3n) is 21.8. The van der Waals surface area contributed by atoms with Gasteiger partial charge in [0.05, 0.1) is 31.8 Å². The van der Waals surface area contributed by atoms with Crippen molar-refractivity contribution < 1.29 is 96.2 Å². The number of nitrogens with one attached hydrogen (secondary N) is 11. The number of nitrogens with two attached hydrogens (primary N) is 1. The maximum absolute atomic E-state index is 15.3. The van der Waals surface area contributed by atoms with E-state index in [1.807, 2.05) is 37.3 Å². The normalized spacial score (nSPS) is 13.6. The van der Waals surface area contributed by atoms with Gasteiger partial charge in [-0.05, 0) is 94.8 Å². The molecule has 0 radical (unpaired) electrons. The number of carbonyl (C=O) groups excluding carboxylic acids is 15. The van der Waals surface area contributed by atoms with Gasteiger partial charge in [0, 0.05) is 114 Å². The number of aromatic amines is 1. The molecule has 15 amide bonds. The summed E-state index contributed by atoms with van der Waals surface area (Å²) in [5.41, 5.74) is 9.44. The van der Waals surface area contributed by atoms with Crippen molar-refractivity contribution in [2.24, 2.45) is 17.6 Å². The zero-order valence-corrected chi connectivity index (χ0v) is 76.2. The van der Waals surface area contributed by atoms with Crippen LogP contribution in [-0.4, -0.2) is 265 Å². The monoisotopic (exact) mass is 1830 g/mol. The van der Waals surface area contributed by atoms with E-state index in [9.17, 15) is 72.3 Å². The van der Waals surface area contributed by atoms with Gasteiger partial charge in [-0.2, -0.15) is 0 Å². The van der Waals surface area contributed by atoms with Crippen molar-refractivity contribution in [3.63, 3.8) is 0 Å². The molecule has 1 aromatic heterocycles. The number of phenols is 2. The van der Waals surface area contributed by atoms with Gasteiger partial charge in [0.15, 0.2) is 0 Å². The molecule has 0 aliphatic rings. The number of aromatic hydroxyl groups is 2. The van der Waals surface area contributed by atoms with E-state index < -0.39 is 210 Å². The van der Waals surface area contributed by atoms with Crippen LogP contribution in [0.1, 0.15) is 113 Å². The van der Waals surface area contributed by atoms with Crippen LogP contribution in [0.5, 0.6) is 11.5 Å². The Hall–Kier alpha value is -13.9. The third kappa shape index (κ3) is 34.3. The SMILES string of the molecule is CCCCC(C(=O)N(C)CC(=O)NC(CC(=O)O)CC(=O)NC(C(=O)N(C)C(Cc1ccccc1)C(=O)NC(Cc1ccc(O)cc1)C(=O)N(C)CC(=O)NC(Cc1c[nH]c2ccccc12)C(=O)NC(Cc1ccc(O)cc1)C(=O)NC(CC(C)C)C(=O)NC(CS(=O)CC(=O)NC(Cc1ccccc1)C(=O)NC)C(=O)NCC(N)=O)C(C)C)N(C)C(=O)CCc1ccccc1. The van der Waals surface area contributed by atoms with Gasteiger partial charge in [-0.15, -0.1) is 0 Å². The first-order chi connectivity index (χ1) is 62.3. The number of benzene rings is 6. The minimum absolute atomic E-state index is 0.0644. The van der Waals surface area contributed by atoms with E-state index in [1.165, 1.54) is 88.7 Å². The van der Waals surface area contributed by atoms with Gasteiger partial charge in [-0.3, -0.25) is 80.9 Å². The van der Waals surface area contributed by atoms with Crippen molar-refractivity contribution in [2.45, 2.75) is 179 Å². The molecule has 7 rings (SSSR count). The van der Waals surface area contributed by atoms with E-state index in [-0.39, 0.29) is 68.3 Å². The number of phenolic OH excluding ortho intramolecular Hbond substituents is 2. The van der Waals surface area contributed by atoms with Crippen LogP contribution in [0.2, 0.25) is 0 Å². The molecule has 131 heavy (non-hydrogen) atoms. The maximum Gasteiger partial charge on any atom is 0.305 e. The first-order valence-corrected chi connectivity index (χ1v) is 44.8. The Morgan fingerprint density at radius 3 is 1.50 bits per heavy atom. The zero-order chi connectivity index (χ0) is 96.1. The summed E-state index contributed by atoms with van der Waals surface area (Å²) in [7, 11) is 4.57. The Bertz CT molecular complexity index is 5100. The van der Waals surface area contributed by atoms with Crippen LogP contribution in [-0.2, 0) is 126 Å². The van der Waals surface area contributed by atoms with E-state index in [4.69, 9.17) is 5.73 Å². The van der Waals surface area contributed by atoms with Crippen LogP contribution in [0.15, 0.2) is 170 Å². The minimum Gasteiger partial charge on any atom is -0.508 e. The Kier molecular flexibility index (Phi) is 41.3. The number of hydrogen-bond acceptors (Lipinski definition) is 19. The number of amides is 15. The highest BCUT2D eigenvalue weighted by molar-refractivity contribution is 7.85. The minimum atomic E-state index is -2.26. The topological polar surface area (TPSA) is 526 Å². The van der Waals surface area contributed by atoms with Crippen LogP contribution in [0.4, 0.5) is 0 Å². The molecule has 0 aliphatic heterocycles. The Morgan fingerprint density at radius 1 is 0.466 bits per heavy atom. The van der Waals surface area contributed by atoms with Crippen molar-refractivity contribution >= 4 is 116 Å². The van der Waals surface area contributed by atoms with Crippen molar-refractivity contribution in [3.05, 3.63) is 203 Å². The number of aryl methyl sites for hydroxylation is 1. The van der Waals surface area contributed by atoms with E-state index >= 15 is 24.0 Å². The Labute approximate surface area is 763 Å². The number of aromatic nitrogens is 1. The van der Waals surface area contributed by atoms with Crippen molar-refractivity contribution in [2.75, 3.05) is 66.4 Å². The molecule has 36 nitrogen and oxygen atoms in total. The highest BCUT2D eigenvalue weighted by Gasteiger charge is 2.40. The van der Waals surface area contributed by atoms with Crippen LogP contribution in [0.25, 0.3) is 10.9 Å². The smallest absolute Gasteiger partial charge is 0.305 e. The highest BCUT2D eigenvalue weighted by atomic mass is 32.2. The lowest BCUT2D eigenvalue weighted by atomic mass is 9.98. The quantitative estimate of drug-likeness (QED) is 0.0259. The number of fused-ring (bicyclic) bond motifs is 1. The molecule has 0 fully saturated rings. The van der Waals surface area contributed by atoms with Gasteiger partial charge in [0.2, 0.25) is 88.6 Å². The standard InChI is InChI=1S/C94H122N16O20S/c1-11-12-32-76(109(9)83(118)42-37-59-24-16-13-17-25-59)93(128)108(8)53-80(115)99-65(50-84(119)120)49-79(114)106-85(58(4)5)94(129)110(10)77(47-61-28-20-15-21-29-61)91(126)104-74(46-63-35-40-67(112)41-36-63)92(127)107(7)54-81(116)100-73(48-64-51-97-69-31-23-22-30-68(64)69)90(125)103-72(45-62-33-38-66(111)39-34-62)89(124)102-70(43-57(2)3)88(123)105-75(87(122)98-52-78(95)113)55-131(130)56-82(117)101-71(86(121)96-6)44-60-26-18-14-19-27-60/h13-31,33-36,38-41,51,57-58,65,70-77,85,97,111-112H,11-12,32,37,42-50,52-56H2,1-10H3,(H2,95,113)(H,96,121)(H,98,122)(H,99,115)(H,100,116)(H,101,117)(H,102,124)(H,103,125)(H,104,126)(H,105,123)(H,106,114)(H,119,120). The second-order valence-electron chi connectivity index (χ2n) is 33.2. The van der Waals surface area contributed by atoms with Gasteiger partial charge in [-0.1, -0.05) is 181 Å². The third-order valence-corrected chi connectivity index (χ3v) is 23.1. The van der Waals surface area contributed by atoms with Crippen LogP contribution in [0, 0.1) is 11.8 Å². The number of primary amides is 1. The number of H-pyrrole nitrogens is 1. The Balaban J connectivity index is 1.11. The molecule has 7 aromatic rings. The molecule has 0 saturated heterocycles. The molecular weight excluding hydrogens is 1710 g/mol. The fourth-order valence-corrected chi connectivity index (χ4v) is 15.8. The van der Waals surface area contributed by atoms with E-state index in [0.717, 1.165) is 20.3 Å². The molecular formula is C94H122N16O20S. The summed E-state index contributed by atoms with van der Waals surface area (Å²) in [6.45, 7) is 6.47. The number of likely N-dealkylation sites (N-methyl/N-ethyl adjacent to an activating group) is 5. The lowest BCUT2D eigenvalue weighted by Crippen LogP contribution is -2.60. The molecule has 1 heterocycles.